The number of nitro groups is 1. The van der Waals surface area contributed by atoms with Crippen LogP contribution in [0.15, 0.2) is 64.3 Å². The van der Waals surface area contributed by atoms with Crippen LogP contribution in [0.3, 0.4) is 0 Å². The van der Waals surface area contributed by atoms with Crippen molar-refractivity contribution >= 4 is 23.3 Å². The predicted molar refractivity (Wildman–Crippen MR) is 121 cm³/mol. The Morgan fingerprint density at radius 3 is 2.49 bits per heavy atom. The lowest BCUT2D eigenvalue weighted by Crippen LogP contribution is -2.47. The van der Waals surface area contributed by atoms with Gasteiger partial charge in [0.15, 0.2) is 6.10 Å². The zero-order chi connectivity index (χ0) is 25.2. The Labute approximate surface area is 199 Å². The van der Waals surface area contributed by atoms with Crippen molar-refractivity contribution in [1.82, 2.24) is 5.16 Å². The molecular formula is C24H21N3O8. The van der Waals surface area contributed by atoms with Crippen molar-refractivity contribution in [3.63, 3.8) is 0 Å². The Kier molecular flexibility index (Phi) is 6.32. The number of hydrogen-bond acceptors (Lipinski definition) is 10. The highest BCUT2D eigenvalue weighted by Crippen LogP contribution is 2.46. The fourth-order valence-electron chi connectivity index (χ4n) is 4.05. The molecule has 2 atom stereocenters. The lowest BCUT2D eigenvalue weighted by atomic mass is 9.83. The Hall–Kier alpha value is -4.54. The van der Waals surface area contributed by atoms with Gasteiger partial charge in [0.2, 0.25) is 0 Å². The van der Waals surface area contributed by atoms with Crippen LogP contribution in [-0.2, 0) is 23.9 Å². The first-order valence-corrected chi connectivity index (χ1v) is 10.5. The lowest BCUT2D eigenvalue weighted by Gasteiger charge is -2.31. The number of oxime groups is 1. The number of benzene rings is 2. The molecule has 0 fully saturated rings. The molecule has 4 rings (SSSR count). The van der Waals surface area contributed by atoms with Crippen molar-refractivity contribution in [3.05, 3.63) is 81.6 Å². The van der Waals surface area contributed by atoms with Crippen LogP contribution in [0.4, 0.5) is 5.69 Å². The van der Waals surface area contributed by atoms with Crippen LogP contribution < -0.4 is 0 Å². The number of nitrogens with zero attached hydrogens (tertiary/aromatic N) is 3. The highest BCUT2D eigenvalue weighted by Gasteiger charge is 2.59. The van der Waals surface area contributed by atoms with Crippen LogP contribution in [0.25, 0.3) is 11.3 Å². The number of aromatic nitrogens is 1. The van der Waals surface area contributed by atoms with E-state index in [9.17, 15) is 19.7 Å². The summed E-state index contributed by atoms with van der Waals surface area (Å²) in [6, 6.07) is 14.9. The van der Waals surface area contributed by atoms with Crippen LogP contribution in [0.1, 0.15) is 36.3 Å². The number of aryl methyl sites for hydroxylation is 1. The molecule has 11 nitrogen and oxygen atoms in total. The van der Waals surface area contributed by atoms with Gasteiger partial charge in [0.25, 0.3) is 11.3 Å². The molecular weight excluding hydrogens is 458 g/mol. The standard InChI is InChI=1S/C24H21N3O8/c1-14-20(21(26-34-14)16-9-5-4-6-10-16)22(33-15(2)28)24(23(29)32-3)13-18(25-35-24)17-11-7-8-12-19(17)27(30)31/h4-12,22H,13H2,1-3H3. The summed E-state index contributed by atoms with van der Waals surface area (Å²) in [7, 11) is 1.15. The Morgan fingerprint density at radius 1 is 1.14 bits per heavy atom. The first kappa shape index (κ1) is 23.6. The topological polar surface area (TPSA) is 143 Å². The van der Waals surface area contributed by atoms with Gasteiger partial charge in [-0.25, -0.2) is 4.79 Å². The normalized spacial score (nSPS) is 17.7. The van der Waals surface area contributed by atoms with Gasteiger partial charge in [0, 0.05) is 18.6 Å². The molecule has 0 saturated heterocycles. The quantitative estimate of drug-likeness (QED) is 0.280. The van der Waals surface area contributed by atoms with Gasteiger partial charge in [-0.05, 0) is 13.0 Å². The van der Waals surface area contributed by atoms with Crippen LogP contribution in [0, 0.1) is 17.0 Å². The summed E-state index contributed by atoms with van der Waals surface area (Å²) in [6.45, 7) is 2.79. The number of ether oxygens (including phenoxy) is 2. The molecule has 11 heteroatoms. The SMILES string of the molecule is COC(=O)C1(C(OC(C)=O)c2c(-c3ccccc3)noc2C)CC(c2ccccc2[N+](=O)[O-])=NO1. The van der Waals surface area contributed by atoms with E-state index in [0.29, 0.717) is 11.3 Å². The van der Waals surface area contributed by atoms with E-state index < -0.39 is 28.6 Å². The van der Waals surface area contributed by atoms with Crippen LogP contribution >= 0.6 is 0 Å². The average molecular weight is 479 g/mol. The molecule has 1 aliphatic rings. The van der Waals surface area contributed by atoms with E-state index in [4.69, 9.17) is 18.8 Å². The minimum atomic E-state index is -1.99. The smallest absolute Gasteiger partial charge is 0.357 e. The monoisotopic (exact) mass is 479 g/mol. The maximum absolute atomic E-state index is 13.2. The third-order valence-corrected chi connectivity index (χ3v) is 5.62. The number of methoxy groups -OCH3 is 1. The van der Waals surface area contributed by atoms with E-state index in [1.54, 1.807) is 37.3 Å². The van der Waals surface area contributed by atoms with Crippen LogP contribution in [-0.4, -0.2) is 40.4 Å². The van der Waals surface area contributed by atoms with E-state index in [2.05, 4.69) is 10.3 Å². The van der Waals surface area contributed by atoms with Gasteiger partial charge in [-0.1, -0.05) is 52.8 Å². The number of hydrogen-bond donors (Lipinski definition) is 0. The largest absolute Gasteiger partial charge is 0.466 e. The highest BCUT2D eigenvalue weighted by molar-refractivity contribution is 6.07. The summed E-state index contributed by atoms with van der Waals surface area (Å²) >= 11 is 0. The third kappa shape index (κ3) is 4.23. The van der Waals surface area contributed by atoms with Gasteiger partial charge in [-0.15, -0.1) is 0 Å². The van der Waals surface area contributed by atoms with Crippen molar-refractivity contribution in [2.45, 2.75) is 32.0 Å². The van der Waals surface area contributed by atoms with Crippen molar-refractivity contribution in [3.8, 4) is 11.3 Å². The Morgan fingerprint density at radius 2 is 1.83 bits per heavy atom. The molecule has 0 radical (unpaired) electrons. The molecule has 2 aromatic carbocycles. The number of para-hydroxylation sites is 1. The number of carbonyl (C=O) groups is 2. The van der Waals surface area contributed by atoms with Crippen LogP contribution in [0.2, 0.25) is 0 Å². The summed E-state index contributed by atoms with van der Waals surface area (Å²) in [6.07, 6.45) is -1.67. The predicted octanol–water partition coefficient (Wildman–Crippen LogP) is 3.90. The van der Waals surface area contributed by atoms with E-state index in [0.717, 1.165) is 7.11 Å². The van der Waals surface area contributed by atoms with Gasteiger partial charge in [0.05, 0.1) is 35.3 Å². The van der Waals surface area contributed by atoms with Gasteiger partial charge in [-0.2, -0.15) is 0 Å². The molecule has 35 heavy (non-hydrogen) atoms. The number of nitro benzene ring substituents is 1. The van der Waals surface area contributed by atoms with E-state index in [1.807, 2.05) is 6.07 Å². The van der Waals surface area contributed by atoms with Gasteiger partial charge < -0.3 is 18.8 Å². The zero-order valence-electron chi connectivity index (χ0n) is 19.1. The number of esters is 2. The fourth-order valence-corrected chi connectivity index (χ4v) is 4.05. The Balaban J connectivity index is 1.86. The van der Waals surface area contributed by atoms with Crippen molar-refractivity contribution in [1.29, 1.82) is 0 Å². The fraction of sp³-hybridized carbons (Fsp3) is 0.250. The third-order valence-electron chi connectivity index (χ3n) is 5.62. The van der Waals surface area contributed by atoms with E-state index in [-0.39, 0.29) is 34.7 Å². The molecule has 2 unspecified atom stereocenters. The summed E-state index contributed by atoms with van der Waals surface area (Å²) in [4.78, 5) is 42.1. The van der Waals surface area contributed by atoms with E-state index >= 15 is 0 Å². The summed E-state index contributed by atoms with van der Waals surface area (Å²) in [5.74, 6) is -1.32. The first-order chi connectivity index (χ1) is 16.8. The summed E-state index contributed by atoms with van der Waals surface area (Å²) in [5.41, 5.74) is -0.652. The van der Waals surface area contributed by atoms with Gasteiger partial charge in [0.1, 0.15) is 11.5 Å². The first-order valence-electron chi connectivity index (χ1n) is 10.5. The molecule has 0 amide bonds. The molecule has 1 aromatic heterocycles. The molecule has 0 aliphatic carbocycles. The molecule has 0 bridgehead atoms. The van der Waals surface area contributed by atoms with Gasteiger partial charge >= 0.3 is 11.9 Å². The average Bonchev–Trinajstić information content (AvgIpc) is 3.47. The Bertz CT molecular complexity index is 1320. The molecule has 0 spiro atoms. The molecule has 1 aliphatic heterocycles. The number of carbonyl (C=O) groups excluding carboxylic acids is 2. The minimum Gasteiger partial charge on any atom is -0.466 e. The second-order valence-corrected chi connectivity index (χ2v) is 7.82. The zero-order valence-corrected chi connectivity index (χ0v) is 19.1. The minimum absolute atomic E-state index is 0.121. The lowest BCUT2D eigenvalue weighted by molar-refractivity contribution is -0.385. The van der Waals surface area contributed by atoms with Crippen molar-refractivity contribution in [2.24, 2.45) is 5.16 Å². The molecule has 0 saturated carbocycles. The molecule has 0 N–H and O–H groups in total. The molecule has 180 valence electrons. The van der Waals surface area contributed by atoms with Crippen molar-refractivity contribution < 1.29 is 33.3 Å². The summed E-state index contributed by atoms with van der Waals surface area (Å²) < 4.78 is 16.1. The molecule has 3 aromatic rings. The maximum atomic E-state index is 13.2. The summed E-state index contributed by atoms with van der Waals surface area (Å²) in [5, 5.41) is 19.7. The van der Waals surface area contributed by atoms with E-state index in [1.165, 1.54) is 25.1 Å². The maximum Gasteiger partial charge on any atom is 0.357 e. The van der Waals surface area contributed by atoms with Crippen LogP contribution in [0.5, 0.6) is 0 Å². The van der Waals surface area contributed by atoms with Gasteiger partial charge in [-0.3, -0.25) is 14.9 Å². The highest BCUT2D eigenvalue weighted by atomic mass is 16.7. The van der Waals surface area contributed by atoms with Crippen molar-refractivity contribution in [2.75, 3.05) is 7.11 Å². The second-order valence-electron chi connectivity index (χ2n) is 7.82. The number of rotatable bonds is 7. The molecule has 2 heterocycles. The second kappa shape index (κ2) is 9.37.